The van der Waals surface area contributed by atoms with E-state index in [2.05, 4.69) is 33.0 Å². The van der Waals surface area contributed by atoms with Gasteiger partial charge in [-0.25, -0.2) is 0 Å². The molecule has 0 heterocycles. The van der Waals surface area contributed by atoms with Crippen LogP contribution in [0.2, 0.25) is 0 Å². The van der Waals surface area contributed by atoms with Gasteiger partial charge in [0.2, 0.25) is 0 Å². The van der Waals surface area contributed by atoms with Crippen LogP contribution in [0.3, 0.4) is 0 Å². The Bertz CT molecular complexity index is 146. The molecule has 0 saturated heterocycles. The molecule has 0 amide bonds. The summed E-state index contributed by atoms with van der Waals surface area (Å²) in [5.74, 6) is 1.51. The number of ether oxygens (including phenoxy) is 1. The lowest BCUT2D eigenvalue weighted by Crippen LogP contribution is -2.41. The van der Waals surface area contributed by atoms with Crippen LogP contribution in [0.4, 0.5) is 0 Å². The van der Waals surface area contributed by atoms with Crippen LogP contribution in [0.1, 0.15) is 53.4 Å². The van der Waals surface area contributed by atoms with Crippen LogP contribution in [-0.2, 0) is 4.74 Å². The Balaban J connectivity index is 4.25. The zero-order chi connectivity index (χ0) is 12.4. The monoisotopic (exact) mass is 229 g/mol. The van der Waals surface area contributed by atoms with Gasteiger partial charge in [0.15, 0.2) is 0 Å². The molecule has 2 unspecified atom stereocenters. The van der Waals surface area contributed by atoms with Crippen molar-refractivity contribution in [1.82, 2.24) is 5.32 Å². The van der Waals surface area contributed by atoms with Gasteiger partial charge in [-0.1, -0.05) is 40.5 Å². The molecular formula is C14H31NO. The van der Waals surface area contributed by atoms with Gasteiger partial charge in [0, 0.05) is 19.8 Å². The van der Waals surface area contributed by atoms with Crippen molar-refractivity contribution in [2.75, 3.05) is 20.3 Å². The van der Waals surface area contributed by atoms with Crippen molar-refractivity contribution < 1.29 is 4.74 Å². The van der Waals surface area contributed by atoms with Crippen molar-refractivity contribution >= 4 is 0 Å². The van der Waals surface area contributed by atoms with Gasteiger partial charge in [0.1, 0.15) is 0 Å². The van der Waals surface area contributed by atoms with Crippen LogP contribution in [0.5, 0.6) is 0 Å². The van der Waals surface area contributed by atoms with E-state index in [9.17, 15) is 0 Å². The highest BCUT2D eigenvalue weighted by Gasteiger charge is 2.23. The maximum Gasteiger partial charge on any atom is 0.0465 e. The topological polar surface area (TPSA) is 21.3 Å². The Morgan fingerprint density at radius 3 is 2.19 bits per heavy atom. The van der Waals surface area contributed by atoms with Gasteiger partial charge in [-0.3, -0.25) is 0 Å². The van der Waals surface area contributed by atoms with E-state index in [4.69, 9.17) is 4.74 Å². The summed E-state index contributed by atoms with van der Waals surface area (Å²) in [7, 11) is 1.79. The summed E-state index contributed by atoms with van der Waals surface area (Å²) >= 11 is 0. The van der Waals surface area contributed by atoms with E-state index in [1.807, 2.05) is 0 Å². The molecule has 0 rings (SSSR count). The maximum atomic E-state index is 5.19. The van der Waals surface area contributed by atoms with Gasteiger partial charge < -0.3 is 10.1 Å². The number of hydrogen-bond acceptors (Lipinski definition) is 2. The van der Waals surface area contributed by atoms with E-state index < -0.39 is 0 Å². The maximum absolute atomic E-state index is 5.19. The molecule has 0 aromatic heterocycles. The number of methoxy groups -OCH3 is 1. The molecule has 0 spiro atoms. The summed E-state index contributed by atoms with van der Waals surface area (Å²) in [5, 5.41) is 3.72. The largest absolute Gasteiger partial charge is 0.385 e. The fourth-order valence-electron chi connectivity index (χ4n) is 2.42. The molecule has 0 bridgehead atoms. The molecule has 1 N–H and O–H groups in total. The standard InChI is InChI=1S/C14H31NO/c1-6-10-15-14(13(7-2)8-3)12(4)9-11-16-5/h12-15H,6-11H2,1-5H3. The Labute approximate surface area is 102 Å². The molecule has 0 radical (unpaired) electrons. The summed E-state index contributed by atoms with van der Waals surface area (Å²) in [6, 6.07) is 0.658. The first-order valence-electron chi connectivity index (χ1n) is 6.93. The predicted octanol–water partition coefficient (Wildman–Crippen LogP) is 3.46. The van der Waals surface area contributed by atoms with Gasteiger partial charge in [-0.15, -0.1) is 0 Å². The molecule has 16 heavy (non-hydrogen) atoms. The second-order valence-corrected chi connectivity index (χ2v) is 4.82. The van der Waals surface area contributed by atoms with Crippen LogP contribution in [0, 0.1) is 11.8 Å². The smallest absolute Gasteiger partial charge is 0.0465 e. The van der Waals surface area contributed by atoms with E-state index in [0.717, 1.165) is 25.5 Å². The highest BCUT2D eigenvalue weighted by Crippen LogP contribution is 2.22. The van der Waals surface area contributed by atoms with Crippen molar-refractivity contribution in [2.24, 2.45) is 11.8 Å². The number of rotatable bonds is 10. The SMILES string of the molecule is CCCNC(C(C)CCOC)C(CC)CC. The third-order valence-electron chi connectivity index (χ3n) is 3.58. The zero-order valence-electron chi connectivity index (χ0n) is 11.9. The third-order valence-corrected chi connectivity index (χ3v) is 3.58. The average Bonchev–Trinajstić information content (AvgIpc) is 2.31. The normalized spacial score (nSPS) is 15.4. The molecule has 0 aliphatic rings. The van der Waals surface area contributed by atoms with Crippen LogP contribution >= 0.6 is 0 Å². The lowest BCUT2D eigenvalue weighted by molar-refractivity contribution is 0.155. The molecule has 0 saturated carbocycles. The third kappa shape index (κ3) is 5.86. The molecule has 0 aromatic carbocycles. The van der Waals surface area contributed by atoms with Gasteiger partial charge in [0.25, 0.3) is 0 Å². The summed E-state index contributed by atoms with van der Waals surface area (Å²) in [4.78, 5) is 0. The van der Waals surface area contributed by atoms with E-state index in [0.29, 0.717) is 12.0 Å². The lowest BCUT2D eigenvalue weighted by Gasteiger charge is -2.32. The number of hydrogen-bond donors (Lipinski definition) is 1. The van der Waals surface area contributed by atoms with Crippen molar-refractivity contribution in [3.63, 3.8) is 0 Å². The van der Waals surface area contributed by atoms with E-state index in [-0.39, 0.29) is 0 Å². The summed E-state index contributed by atoms with van der Waals surface area (Å²) in [5.41, 5.74) is 0. The van der Waals surface area contributed by atoms with Crippen molar-refractivity contribution in [2.45, 2.75) is 59.4 Å². The fourth-order valence-corrected chi connectivity index (χ4v) is 2.42. The molecule has 2 heteroatoms. The average molecular weight is 229 g/mol. The minimum Gasteiger partial charge on any atom is -0.385 e. The molecule has 0 fully saturated rings. The highest BCUT2D eigenvalue weighted by atomic mass is 16.5. The van der Waals surface area contributed by atoms with Crippen LogP contribution in [0.25, 0.3) is 0 Å². The van der Waals surface area contributed by atoms with Crippen LogP contribution < -0.4 is 5.32 Å². The quantitative estimate of drug-likeness (QED) is 0.619. The number of nitrogens with one attached hydrogen (secondary N) is 1. The van der Waals surface area contributed by atoms with Crippen LogP contribution in [-0.4, -0.2) is 26.3 Å². The van der Waals surface area contributed by atoms with Crippen molar-refractivity contribution in [3.05, 3.63) is 0 Å². The Kier molecular flexibility index (Phi) is 10.0. The fraction of sp³-hybridized carbons (Fsp3) is 1.00. The molecule has 0 aliphatic carbocycles. The van der Waals surface area contributed by atoms with Crippen molar-refractivity contribution in [3.8, 4) is 0 Å². The molecule has 2 atom stereocenters. The van der Waals surface area contributed by atoms with E-state index in [1.54, 1.807) is 7.11 Å². The second kappa shape index (κ2) is 10.1. The first-order valence-corrected chi connectivity index (χ1v) is 6.93. The van der Waals surface area contributed by atoms with E-state index in [1.165, 1.54) is 19.3 Å². The summed E-state index contributed by atoms with van der Waals surface area (Å²) < 4.78 is 5.19. The summed E-state index contributed by atoms with van der Waals surface area (Å²) in [6.07, 6.45) is 4.92. The second-order valence-electron chi connectivity index (χ2n) is 4.82. The van der Waals surface area contributed by atoms with Gasteiger partial charge >= 0.3 is 0 Å². The molecule has 98 valence electrons. The minimum absolute atomic E-state index is 0.658. The molecular weight excluding hydrogens is 198 g/mol. The summed E-state index contributed by atoms with van der Waals surface area (Å²) in [6.45, 7) is 11.2. The van der Waals surface area contributed by atoms with E-state index >= 15 is 0 Å². The first kappa shape index (κ1) is 15.9. The Morgan fingerprint density at radius 1 is 1.12 bits per heavy atom. The first-order chi connectivity index (χ1) is 7.71. The van der Waals surface area contributed by atoms with Gasteiger partial charge in [0.05, 0.1) is 0 Å². The highest BCUT2D eigenvalue weighted by molar-refractivity contribution is 4.79. The molecule has 0 aliphatic heterocycles. The Morgan fingerprint density at radius 2 is 1.75 bits per heavy atom. The van der Waals surface area contributed by atoms with Crippen LogP contribution in [0.15, 0.2) is 0 Å². The lowest BCUT2D eigenvalue weighted by atomic mass is 9.84. The van der Waals surface area contributed by atoms with Gasteiger partial charge in [-0.05, 0) is 31.2 Å². The zero-order valence-corrected chi connectivity index (χ0v) is 11.9. The molecule has 2 nitrogen and oxygen atoms in total. The minimum atomic E-state index is 0.658. The van der Waals surface area contributed by atoms with Gasteiger partial charge in [-0.2, -0.15) is 0 Å². The predicted molar refractivity (Wildman–Crippen MR) is 71.8 cm³/mol. The van der Waals surface area contributed by atoms with Crippen molar-refractivity contribution in [1.29, 1.82) is 0 Å². The Hall–Kier alpha value is -0.0800. The molecule has 0 aromatic rings.